The number of halogens is 1. The molecule has 0 atom stereocenters. The second-order valence-corrected chi connectivity index (χ2v) is 5.14. The average molecular weight is 322 g/mol. The molecule has 0 unspecified atom stereocenters. The van der Waals surface area contributed by atoms with Gasteiger partial charge >= 0.3 is 0 Å². The molecule has 2 aromatic carbocycles. The fourth-order valence-corrected chi connectivity index (χ4v) is 2.22. The summed E-state index contributed by atoms with van der Waals surface area (Å²) in [6.45, 7) is 0. The summed E-state index contributed by atoms with van der Waals surface area (Å²) in [4.78, 5) is 22.2. The van der Waals surface area contributed by atoms with Crippen LogP contribution in [0, 0.1) is 5.82 Å². The largest absolute Gasteiger partial charge is 0.339 e. The summed E-state index contributed by atoms with van der Waals surface area (Å²) in [6.07, 6.45) is 4.77. The van der Waals surface area contributed by atoms with E-state index in [0.29, 0.717) is 17.1 Å². The highest BCUT2D eigenvalue weighted by molar-refractivity contribution is 6.06. The molecule has 6 heteroatoms. The Morgan fingerprint density at radius 1 is 1.12 bits per heavy atom. The first-order valence-electron chi connectivity index (χ1n) is 7.30. The summed E-state index contributed by atoms with van der Waals surface area (Å²) in [6, 6.07) is 12.9. The second kappa shape index (κ2) is 6.87. The highest BCUT2D eigenvalue weighted by Crippen LogP contribution is 2.19. The van der Waals surface area contributed by atoms with Crippen LogP contribution in [0.1, 0.15) is 10.4 Å². The lowest BCUT2D eigenvalue weighted by Gasteiger charge is -2.18. The first-order valence-corrected chi connectivity index (χ1v) is 7.30. The lowest BCUT2D eigenvalue weighted by atomic mass is 10.1. The first kappa shape index (κ1) is 15.6. The number of nitrogens with one attached hydrogen (secondary N) is 1. The Kier molecular flexibility index (Phi) is 4.47. The van der Waals surface area contributed by atoms with Gasteiger partial charge in [-0.3, -0.25) is 9.78 Å². The number of rotatable bonds is 4. The number of anilines is 3. The van der Waals surface area contributed by atoms with E-state index >= 15 is 0 Å². The second-order valence-electron chi connectivity index (χ2n) is 5.14. The highest BCUT2D eigenvalue weighted by Gasteiger charge is 2.14. The Morgan fingerprint density at radius 3 is 2.62 bits per heavy atom. The van der Waals surface area contributed by atoms with Gasteiger partial charge in [-0.05, 0) is 42.5 Å². The smallest absolute Gasteiger partial charge is 0.258 e. The van der Waals surface area contributed by atoms with Crippen LogP contribution < -0.4 is 10.2 Å². The summed E-state index contributed by atoms with van der Waals surface area (Å²) in [5, 5.41) is 3.09. The molecule has 1 amide bonds. The van der Waals surface area contributed by atoms with Gasteiger partial charge in [-0.1, -0.05) is 6.07 Å². The van der Waals surface area contributed by atoms with Gasteiger partial charge in [-0.25, -0.2) is 9.37 Å². The van der Waals surface area contributed by atoms with E-state index in [1.807, 2.05) is 6.07 Å². The normalized spacial score (nSPS) is 10.2. The first-order chi connectivity index (χ1) is 11.6. The van der Waals surface area contributed by atoms with Crippen molar-refractivity contribution in [1.82, 2.24) is 9.97 Å². The van der Waals surface area contributed by atoms with E-state index in [-0.39, 0.29) is 11.7 Å². The molecule has 0 aliphatic rings. The van der Waals surface area contributed by atoms with Crippen LogP contribution in [0.5, 0.6) is 0 Å². The molecule has 3 aromatic rings. The molecule has 0 saturated carbocycles. The fraction of sp³-hybridized carbons (Fsp3) is 0.0556. The Hall–Kier alpha value is -3.28. The van der Waals surface area contributed by atoms with Crippen molar-refractivity contribution >= 4 is 23.1 Å². The van der Waals surface area contributed by atoms with E-state index in [0.717, 1.165) is 5.69 Å². The summed E-state index contributed by atoms with van der Waals surface area (Å²) in [7, 11) is 1.65. The van der Waals surface area contributed by atoms with E-state index in [1.54, 1.807) is 56.0 Å². The van der Waals surface area contributed by atoms with E-state index in [1.165, 1.54) is 17.0 Å². The summed E-state index contributed by atoms with van der Waals surface area (Å²) in [5.74, 6) is 0.0631. The third-order valence-corrected chi connectivity index (χ3v) is 3.46. The number of carbonyl (C=O) groups excluding carboxylic acids is 1. The zero-order chi connectivity index (χ0) is 16.9. The van der Waals surface area contributed by atoms with Crippen molar-refractivity contribution in [3.05, 3.63) is 78.5 Å². The van der Waals surface area contributed by atoms with Gasteiger partial charge in [0.1, 0.15) is 11.6 Å². The van der Waals surface area contributed by atoms with Crippen LogP contribution in [0.3, 0.4) is 0 Å². The maximum absolute atomic E-state index is 13.0. The molecule has 120 valence electrons. The molecule has 0 saturated heterocycles. The SMILES string of the molecule is CN(C(=O)c1cccc(Nc2cnccn2)c1)c1ccc(F)cc1. The molecule has 5 nitrogen and oxygen atoms in total. The lowest BCUT2D eigenvalue weighted by molar-refractivity contribution is 0.0993. The molecule has 0 bridgehead atoms. The topological polar surface area (TPSA) is 58.1 Å². The van der Waals surface area contributed by atoms with Gasteiger partial charge in [0.25, 0.3) is 5.91 Å². The van der Waals surface area contributed by atoms with Crippen molar-refractivity contribution in [1.29, 1.82) is 0 Å². The number of carbonyl (C=O) groups is 1. The molecular weight excluding hydrogens is 307 g/mol. The van der Waals surface area contributed by atoms with Crippen molar-refractivity contribution in [2.45, 2.75) is 0 Å². The molecule has 24 heavy (non-hydrogen) atoms. The number of benzene rings is 2. The van der Waals surface area contributed by atoms with Crippen LogP contribution in [-0.2, 0) is 0 Å². The van der Waals surface area contributed by atoms with Crippen molar-refractivity contribution in [3.8, 4) is 0 Å². The van der Waals surface area contributed by atoms with E-state index in [4.69, 9.17) is 0 Å². The van der Waals surface area contributed by atoms with Crippen LogP contribution >= 0.6 is 0 Å². The van der Waals surface area contributed by atoms with Gasteiger partial charge < -0.3 is 10.2 Å². The van der Waals surface area contributed by atoms with Crippen LogP contribution in [0.4, 0.5) is 21.6 Å². The minimum atomic E-state index is -0.338. The number of aromatic nitrogens is 2. The van der Waals surface area contributed by atoms with Crippen LogP contribution in [-0.4, -0.2) is 22.9 Å². The fourth-order valence-electron chi connectivity index (χ4n) is 2.22. The molecule has 1 aromatic heterocycles. The predicted octanol–water partition coefficient (Wildman–Crippen LogP) is 3.64. The van der Waals surface area contributed by atoms with Crippen molar-refractivity contribution in [3.63, 3.8) is 0 Å². The van der Waals surface area contributed by atoms with Crippen LogP contribution in [0.2, 0.25) is 0 Å². The van der Waals surface area contributed by atoms with Crippen molar-refractivity contribution in [2.24, 2.45) is 0 Å². The Labute approximate surface area is 138 Å². The molecule has 0 aliphatic heterocycles. The van der Waals surface area contributed by atoms with Gasteiger partial charge in [0.2, 0.25) is 0 Å². The minimum Gasteiger partial charge on any atom is -0.339 e. The Bertz CT molecular complexity index is 837. The summed E-state index contributed by atoms with van der Waals surface area (Å²) < 4.78 is 13.0. The van der Waals surface area contributed by atoms with Crippen LogP contribution in [0.15, 0.2) is 67.1 Å². The minimum absolute atomic E-state index is 0.190. The van der Waals surface area contributed by atoms with Gasteiger partial charge in [-0.15, -0.1) is 0 Å². The maximum atomic E-state index is 13.0. The molecule has 0 fully saturated rings. The zero-order valence-corrected chi connectivity index (χ0v) is 13.0. The van der Waals surface area contributed by atoms with E-state index in [2.05, 4.69) is 15.3 Å². The van der Waals surface area contributed by atoms with Crippen molar-refractivity contribution < 1.29 is 9.18 Å². The zero-order valence-electron chi connectivity index (χ0n) is 13.0. The molecule has 0 spiro atoms. The Morgan fingerprint density at radius 2 is 1.92 bits per heavy atom. The summed E-state index contributed by atoms with van der Waals surface area (Å²) >= 11 is 0. The lowest BCUT2D eigenvalue weighted by Crippen LogP contribution is -2.26. The average Bonchev–Trinajstić information content (AvgIpc) is 2.62. The molecular formula is C18H15FN4O. The maximum Gasteiger partial charge on any atom is 0.258 e. The number of hydrogen-bond donors (Lipinski definition) is 1. The molecule has 3 rings (SSSR count). The van der Waals surface area contributed by atoms with Gasteiger partial charge in [0, 0.05) is 36.4 Å². The quantitative estimate of drug-likeness (QED) is 0.797. The third kappa shape index (κ3) is 3.55. The van der Waals surface area contributed by atoms with Crippen molar-refractivity contribution in [2.75, 3.05) is 17.3 Å². The number of nitrogens with zero attached hydrogens (tertiary/aromatic N) is 3. The van der Waals surface area contributed by atoms with E-state index in [9.17, 15) is 9.18 Å². The van der Waals surface area contributed by atoms with Crippen LogP contribution in [0.25, 0.3) is 0 Å². The monoisotopic (exact) mass is 322 g/mol. The molecule has 1 N–H and O–H groups in total. The predicted molar refractivity (Wildman–Crippen MR) is 90.9 cm³/mol. The van der Waals surface area contributed by atoms with E-state index < -0.39 is 0 Å². The standard InChI is InChI=1S/C18H15FN4O/c1-23(16-7-5-14(19)6-8-16)18(24)13-3-2-4-15(11-13)22-17-12-20-9-10-21-17/h2-12H,1H3,(H,21,22). The summed E-state index contributed by atoms with van der Waals surface area (Å²) in [5.41, 5.74) is 1.86. The molecule has 1 heterocycles. The van der Waals surface area contributed by atoms with Gasteiger partial charge in [0.05, 0.1) is 6.20 Å². The highest BCUT2D eigenvalue weighted by atomic mass is 19.1. The molecule has 0 radical (unpaired) electrons. The number of hydrogen-bond acceptors (Lipinski definition) is 4. The molecule has 0 aliphatic carbocycles. The van der Waals surface area contributed by atoms with Gasteiger partial charge in [-0.2, -0.15) is 0 Å². The van der Waals surface area contributed by atoms with Gasteiger partial charge in [0.15, 0.2) is 0 Å². The third-order valence-electron chi connectivity index (χ3n) is 3.46. The Balaban J connectivity index is 1.80. The number of amides is 1.